The van der Waals surface area contributed by atoms with E-state index in [0.717, 1.165) is 15.6 Å². The van der Waals surface area contributed by atoms with Crippen molar-refractivity contribution in [3.8, 4) is 11.5 Å². The summed E-state index contributed by atoms with van der Waals surface area (Å²) in [4.78, 5) is 24.6. The third kappa shape index (κ3) is 6.77. The number of hydrogen-bond acceptors (Lipinski definition) is 5. The first kappa shape index (κ1) is 23.7. The Kier molecular flexibility index (Phi) is 8.19. The molecular formula is C24H20Br2N2O4. The zero-order chi connectivity index (χ0) is 23.1. The molecule has 1 N–H and O–H groups in total. The maximum Gasteiger partial charge on any atom is 0.343 e. The van der Waals surface area contributed by atoms with Gasteiger partial charge in [-0.05, 0) is 71.7 Å². The normalized spacial score (nSPS) is 10.8. The number of esters is 1. The number of carbonyl (C=O) groups excluding carboxylic acids is 2. The third-order valence-electron chi connectivity index (χ3n) is 4.24. The Balaban J connectivity index is 1.68. The van der Waals surface area contributed by atoms with Crippen LogP contribution in [0.5, 0.6) is 11.5 Å². The minimum atomic E-state index is -0.498. The molecule has 0 unspecified atom stereocenters. The smallest absolute Gasteiger partial charge is 0.343 e. The van der Waals surface area contributed by atoms with Crippen molar-refractivity contribution in [2.24, 2.45) is 5.10 Å². The zero-order valence-electron chi connectivity index (χ0n) is 17.4. The summed E-state index contributed by atoms with van der Waals surface area (Å²) in [7, 11) is 0. The second-order valence-electron chi connectivity index (χ2n) is 6.96. The van der Waals surface area contributed by atoms with Gasteiger partial charge in [-0.3, -0.25) is 4.79 Å². The fraction of sp³-hybridized carbons (Fsp3) is 0.125. The van der Waals surface area contributed by atoms with Gasteiger partial charge in [-0.2, -0.15) is 5.10 Å². The van der Waals surface area contributed by atoms with E-state index in [1.54, 1.807) is 36.4 Å². The molecule has 3 aromatic rings. The summed E-state index contributed by atoms with van der Waals surface area (Å²) in [5.41, 5.74) is 5.32. The summed E-state index contributed by atoms with van der Waals surface area (Å²) >= 11 is 6.82. The van der Waals surface area contributed by atoms with Gasteiger partial charge in [0.05, 0.1) is 16.3 Å². The van der Waals surface area contributed by atoms with E-state index in [0.29, 0.717) is 21.3 Å². The van der Waals surface area contributed by atoms with Crippen molar-refractivity contribution in [1.29, 1.82) is 0 Å². The van der Waals surface area contributed by atoms with Crippen molar-refractivity contribution in [3.05, 3.63) is 91.9 Å². The van der Waals surface area contributed by atoms with E-state index in [1.165, 1.54) is 6.21 Å². The van der Waals surface area contributed by atoms with Crippen molar-refractivity contribution < 1.29 is 19.1 Å². The number of ether oxygens (including phenoxy) is 2. The summed E-state index contributed by atoms with van der Waals surface area (Å²) in [5, 5.41) is 3.97. The minimum absolute atomic E-state index is 0.182. The molecule has 0 heterocycles. The maximum absolute atomic E-state index is 12.6. The Bertz CT molecular complexity index is 1180. The SMILES string of the molecule is Cc1cccc(OCC(=O)N/N=C/c2cc(Br)cc(Br)c2OC(=O)c2cccc(C)c2)c1. The lowest BCUT2D eigenvalue weighted by atomic mass is 10.1. The highest BCUT2D eigenvalue weighted by Gasteiger charge is 2.15. The van der Waals surface area contributed by atoms with E-state index in [4.69, 9.17) is 9.47 Å². The van der Waals surface area contributed by atoms with Gasteiger partial charge in [-0.1, -0.05) is 45.8 Å². The average Bonchev–Trinajstić information content (AvgIpc) is 2.74. The van der Waals surface area contributed by atoms with E-state index in [9.17, 15) is 9.59 Å². The van der Waals surface area contributed by atoms with E-state index in [2.05, 4.69) is 42.4 Å². The summed E-state index contributed by atoms with van der Waals surface area (Å²) in [5.74, 6) is -0.0313. The molecule has 32 heavy (non-hydrogen) atoms. The second-order valence-corrected chi connectivity index (χ2v) is 8.73. The zero-order valence-corrected chi connectivity index (χ0v) is 20.6. The topological polar surface area (TPSA) is 77.0 Å². The highest BCUT2D eigenvalue weighted by molar-refractivity contribution is 9.11. The Hall–Kier alpha value is -2.97. The van der Waals surface area contributed by atoms with Gasteiger partial charge >= 0.3 is 5.97 Å². The number of aryl methyl sites for hydroxylation is 2. The highest BCUT2D eigenvalue weighted by atomic mass is 79.9. The van der Waals surface area contributed by atoms with Crippen LogP contribution in [0.1, 0.15) is 27.0 Å². The van der Waals surface area contributed by atoms with Gasteiger partial charge in [0.25, 0.3) is 5.91 Å². The fourth-order valence-electron chi connectivity index (χ4n) is 2.77. The van der Waals surface area contributed by atoms with Crippen LogP contribution in [0.3, 0.4) is 0 Å². The highest BCUT2D eigenvalue weighted by Crippen LogP contribution is 2.32. The number of halogens is 2. The molecule has 3 rings (SSSR count). The number of hydrazone groups is 1. The maximum atomic E-state index is 12.6. The van der Waals surface area contributed by atoms with Crippen LogP contribution in [0.2, 0.25) is 0 Å². The molecule has 0 radical (unpaired) electrons. The van der Waals surface area contributed by atoms with Gasteiger partial charge in [0.2, 0.25) is 0 Å². The number of carbonyl (C=O) groups is 2. The molecular weight excluding hydrogens is 540 g/mol. The Labute approximate surface area is 202 Å². The number of amides is 1. The average molecular weight is 560 g/mol. The van der Waals surface area contributed by atoms with Crippen molar-refractivity contribution >= 4 is 50.0 Å². The predicted octanol–water partition coefficient (Wildman–Crippen LogP) is 5.58. The molecule has 0 saturated carbocycles. The lowest BCUT2D eigenvalue weighted by Crippen LogP contribution is -2.24. The lowest BCUT2D eigenvalue weighted by Gasteiger charge is -2.11. The van der Waals surface area contributed by atoms with Crippen molar-refractivity contribution in [3.63, 3.8) is 0 Å². The van der Waals surface area contributed by atoms with Crippen LogP contribution in [0.25, 0.3) is 0 Å². The van der Waals surface area contributed by atoms with Crippen LogP contribution in [0, 0.1) is 13.8 Å². The van der Waals surface area contributed by atoms with Gasteiger partial charge in [0.1, 0.15) is 5.75 Å². The molecule has 0 bridgehead atoms. The van der Waals surface area contributed by atoms with Gasteiger partial charge in [0.15, 0.2) is 12.4 Å². The molecule has 0 aliphatic heterocycles. The fourth-order valence-corrected chi connectivity index (χ4v) is 4.11. The van der Waals surface area contributed by atoms with Crippen LogP contribution in [0.4, 0.5) is 0 Å². The minimum Gasteiger partial charge on any atom is -0.484 e. The molecule has 6 nitrogen and oxygen atoms in total. The lowest BCUT2D eigenvalue weighted by molar-refractivity contribution is -0.123. The van der Waals surface area contributed by atoms with E-state index in [1.807, 2.05) is 38.1 Å². The van der Waals surface area contributed by atoms with Crippen molar-refractivity contribution in [2.75, 3.05) is 6.61 Å². The van der Waals surface area contributed by atoms with E-state index >= 15 is 0 Å². The standard InChI is InChI=1S/C24H20Br2N2O4/c1-15-5-3-7-17(9-15)24(30)32-23-18(11-19(25)12-21(23)26)13-27-28-22(29)14-31-20-8-4-6-16(2)10-20/h3-13H,14H2,1-2H3,(H,28,29)/b27-13+. The summed E-state index contributed by atoms with van der Waals surface area (Å²) in [6.45, 7) is 3.66. The second kappa shape index (κ2) is 11.1. The van der Waals surface area contributed by atoms with Crippen LogP contribution >= 0.6 is 31.9 Å². The molecule has 0 aromatic heterocycles. The largest absolute Gasteiger partial charge is 0.484 e. The van der Waals surface area contributed by atoms with Gasteiger partial charge in [-0.15, -0.1) is 0 Å². The van der Waals surface area contributed by atoms with Gasteiger partial charge in [-0.25, -0.2) is 10.2 Å². The molecule has 0 fully saturated rings. The van der Waals surface area contributed by atoms with Crippen LogP contribution < -0.4 is 14.9 Å². The summed E-state index contributed by atoms with van der Waals surface area (Å²) in [6.07, 6.45) is 1.40. The third-order valence-corrected chi connectivity index (χ3v) is 5.28. The van der Waals surface area contributed by atoms with Gasteiger partial charge < -0.3 is 9.47 Å². The number of nitrogens with one attached hydrogen (secondary N) is 1. The molecule has 0 atom stereocenters. The summed E-state index contributed by atoms with van der Waals surface area (Å²) < 4.78 is 12.4. The number of nitrogens with zero attached hydrogens (tertiary/aromatic N) is 1. The number of hydrogen-bond donors (Lipinski definition) is 1. The van der Waals surface area contributed by atoms with Crippen LogP contribution in [-0.4, -0.2) is 24.7 Å². The molecule has 0 saturated heterocycles. The molecule has 1 amide bonds. The van der Waals surface area contributed by atoms with Gasteiger partial charge in [0, 0.05) is 10.0 Å². The first-order chi connectivity index (χ1) is 15.3. The van der Waals surface area contributed by atoms with Crippen LogP contribution in [-0.2, 0) is 4.79 Å². The quantitative estimate of drug-likeness (QED) is 0.177. The predicted molar refractivity (Wildman–Crippen MR) is 130 cm³/mol. The molecule has 8 heteroatoms. The monoisotopic (exact) mass is 558 g/mol. The van der Waals surface area contributed by atoms with E-state index < -0.39 is 11.9 Å². The Morgan fingerprint density at radius 3 is 2.44 bits per heavy atom. The Morgan fingerprint density at radius 2 is 1.72 bits per heavy atom. The van der Waals surface area contributed by atoms with Crippen molar-refractivity contribution in [2.45, 2.75) is 13.8 Å². The van der Waals surface area contributed by atoms with E-state index in [-0.39, 0.29) is 12.4 Å². The number of rotatable bonds is 7. The first-order valence-corrected chi connectivity index (χ1v) is 11.2. The number of benzene rings is 3. The first-order valence-electron chi connectivity index (χ1n) is 9.61. The molecule has 3 aromatic carbocycles. The van der Waals surface area contributed by atoms with Crippen LogP contribution in [0.15, 0.2) is 74.7 Å². The molecule has 0 aliphatic rings. The summed E-state index contributed by atoms with van der Waals surface area (Å²) in [6, 6.07) is 18.0. The Morgan fingerprint density at radius 1 is 1.00 bits per heavy atom. The molecule has 164 valence electrons. The molecule has 0 aliphatic carbocycles. The van der Waals surface area contributed by atoms with Crippen molar-refractivity contribution in [1.82, 2.24) is 5.43 Å². The molecule has 0 spiro atoms.